The van der Waals surface area contributed by atoms with Crippen molar-refractivity contribution in [3.63, 3.8) is 0 Å². The van der Waals surface area contributed by atoms with Gasteiger partial charge in [0.05, 0.1) is 38.7 Å². The molecule has 0 atom stereocenters. The summed E-state index contributed by atoms with van der Waals surface area (Å²) < 4.78 is 3.89. The Labute approximate surface area is 238 Å². The first-order chi connectivity index (χ1) is 20.8. The summed E-state index contributed by atoms with van der Waals surface area (Å²) in [6, 6.07) is 42.1. The number of hydrogen-bond acceptors (Lipinski definition) is 4. The van der Waals surface area contributed by atoms with Gasteiger partial charge < -0.3 is 0 Å². The van der Waals surface area contributed by atoms with Crippen LogP contribution in [0.1, 0.15) is 0 Å². The minimum Gasteiger partial charge on any atom is -0.292 e. The van der Waals surface area contributed by atoms with Gasteiger partial charge in [-0.2, -0.15) is 0 Å². The molecule has 0 amide bonds. The predicted molar refractivity (Wildman–Crippen MR) is 169 cm³/mol. The van der Waals surface area contributed by atoms with Crippen molar-refractivity contribution in [3.05, 3.63) is 138 Å². The Hall–Kier alpha value is -5.88. The lowest BCUT2D eigenvalue weighted by molar-refractivity contribution is 0.949. The molecular formula is C36H21N5O. The lowest BCUT2D eigenvalue weighted by Crippen LogP contribution is -2.22. The fraction of sp³-hybridized carbons (Fsp3) is 0. The third-order valence-corrected chi connectivity index (χ3v) is 8.11. The van der Waals surface area contributed by atoms with Crippen molar-refractivity contribution in [3.8, 4) is 17.2 Å². The van der Waals surface area contributed by atoms with Gasteiger partial charge in [0.25, 0.3) is 5.56 Å². The molecule has 0 radical (unpaired) electrons. The van der Waals surface area contributed by atoms with Crippen LogP contribution in [0.25, 0.3) is 77.4 Å². The molecule has 0 aliphatic heterocycles. The quantitative estimate of drug-likeness (QED) is 0.211. The van der Waals surface area contributed by atoms with Gasteiger partial charge in [-0.25, -0.2) is 19.5 Å². The van der Waals surface area contributed by atoms with E-state index in [-0.39, 0.29) is 5.56 Å². The Morgan fingerprint density at radius 2 is 1.12 bits per heavy atom. The summed E-state index contributed by atoms with van der Waals surface area (Å²) >= 11 is 0. The molecule has 42 heavy (non-hydrogen) atoms. The number of fused-ring (bicyclic) bond motifs is 11. The maximum absolute atomic E-state index is 14.5. The van der Waals surface area contributed by atoms with Crippen LogP contribution in [-0.2, 0) is 0 Å². The molecule has 0 saturated heterocycles. The third kappa shape index (κ3) is 3.09. The van der Waals surface area contributed by atoms with Crippen LogP contribution in [0.3, 0.4) is 0 Å². The molecule has 0 aliphatic rings. The van der Waals surface area contributed by atoms with Crippen LogP contribution in [0.4, 0.5) is 0 Å². The van der Waals surface area contributed by atoms with Gasteiger partial charge in [0, 0.05) is 27.1 Å². The smallest absolute Gasteiger partial charge is 0.265 e. The molecule has 0 aliphatic carbocycles. The summed E-state index contributed by atoms with van der Waals surface area (Å²) in [6.45, 7) is 0. The molecule has 4 aromatic heterocycles. The van der Waals surface area contributed by atoms with Crippen molar-refractivity contribution in [2.45, 2.75) is 0 Å². The van der Waals surface area contributed by atoms with Crippen LogP contribution < -0.4 is 5.56 Å². The molecule has 0 spiro atoms. The fourth-order valence-corrected chi connectivity index (χ4v) is 6.31. The van der Waals surface area contributed by atoms with Crippen molar-refractivity contribution >= 4 is 60.2 Å². The molecular weight excluding hydrogens is 518 g/mol. The van der Waals surface area contributed by atoms with E-state index in [1.165, 1.54) is 0 Å². The lowest BCUT2D eigenvalue weighted by atomic mass is 10.0. The van der Waals surface area contributed by atoms with Crippen molar-refractivity contribution in [2.24, 2.45) is 0 Å². The van der Waals surface area contributed by atoms with E-state index < -0.39 is 0 Å². The molecule has 0 N–H and O–H groups in total. The average molecular weight is 540 g/mol. The molecule has 6 nitrogen and oxygen atoms in total. The van der Waals surface area contributed by atoms with Gasteiger partial charge in [0.1, 0.15) is 5.65 Å². The maximum atomic E-state index is 14.5. The average Bonchev–Trinajstić information content (AvgIpc) is 3.44. The van der Waals surface area contributed by atoms with Gasteiger partial charge in [0.2, 0.25) is 5.95 Å². The number of para-hydroxylation sites is 4. The summed E-state index contributed by atoms with van der Waals surface area (Å²) in [7, 11) is 0. The molecule has 9 aromatic rings. The fourth-order valence-electron chi connectivity index (χ4n) is 6.31. The Morgan fingerprint density at radius 3 is 1.93 bits per heavy atom. The number of aromatic nitrogens is 5. The van der Waals surface area contributed by atoms with Crippen LogP contribution in [0, 0.1) is 0 Å². The second-order valence-corrected chi connectivity index (χ2v) is 10.4. The molecule has 196 valence electrons. The second kappa shape index (κ2) is 8.56. The van der Waals surface area contributed by atoms with Gasteiger partial charge in [-0.1, -0.05) is 97.1 Å². The predicted octanol–water partition coefficient (Wildman–Crippen LogP) is 7.71. The van der Waals surface area contributed by atoms with Crippen molar-refractivity contribution in [1.82, 2.24) is 23.9 Å². The van der Waals surface area contributed by atoms with Gasteiger partial charge in [-0.3, -0.25) is 9.20 Å². The molecule has 6 heteroatoms. The Kier molecular flexibility index (Phi) is 4.66. The van der Waals surface area contributed by atoms with E-state index in [4.69, 9.17) is 15.0 Å². The second-order valence-electron chi connectivity index (χ2n) is 10.4. The summed E-state index contributed by atoms with van der Waals surface area (Å²) in [4.78, 5) is 29.8. The first-order valence-corrected chi connectivity index (χ1v) is 13.9. The summed E-state index contributed by atoms with van der Waals surface area (Å²) in [5, 5.41) is 4.18. The highest BCUT2D eigenvalue weighted by Crippen LogP contribution is 2.36. The van der Waals surface area contributed by atoms with Gasteiger partial charge in [-0.05, 0) is 30.3 Å². The number of rotatable bonds is 2. The Morgan fingerprint density at radius 1 is 0.500 bits per heavy atom. The van der Waals surface area contributed by atoms with E-state index in [9.17, 15) is 4.79 Å². The number of imidazole rings is 1. The minimum absolute atomic E-state index is 0.169. The van der Waals surface area contributed by atoms with E-state index >= 15 is 0 Å². The highest BCUT2D eigenvalue weighted by molar-refractivity contribution is 6.22. The molecule has 9 rings (SSSR count). The van der Waals surface area contributed by atoms with Crippen LogP contribution in [0.5, 0.6) is 0 Å². The summed E-state index contributed by atoms with van der Waals surface area (Å²) in [6.07, 6.45) is 0. The number of benzene rings is 5. The number of nitrogens with zero attached hydrogens (tertiary/aromatic N) is 5. The lowest BCUT2D eigenvalue weighted by Gasteiger charge is -2.17. The van der Waals surface area contributed by atoms with Crippen LogP contribution in [-0.4, -0.2) is 23.9 Å². The SMILES string of the molecule is O=c1c2ccccc2c2c(c3ccccc3n3c4ccccc4nc23)n1-c1nc(-c2ccccc2)c2ccccc2n1. The van der Waals surface area contributed by atoms with E-state index in [0.29, 0.717) is 11.3 Å². The molecule has 4 heterocycles. The molecule has 0 bridgehead atoms. The van der Waals surface area contributed by atoms with Crippen LogP contribution >= 0.6 is 0 Å². The van der Waals surface area contributed by atoms with Crippen LogP contribution in [0.2, 0.25) is 0 Å². The van der Waals surface area contributed by atoms with E-state index in [0.717, 1.165) is 66.0 Å². The highest BCUT2D eigenvalue weighted by Gasteiger charge is 2.23. The van der Waals surface area contributed by atoms with Crippen molar-refractivity contribution < 1.29 is 0 Å². The molecule has 0 fully saturated rings. The van der Waals surface area contributed by atoms with Crippen molar-refractivity contribution in [1.29, 1.82) is 0 Å². The standard InChI is InChI=1S/C36H21N5O/c42-35-24-15-5-4-14-23(24)31-33(26-17-7-10-20-29(26)40-30-21-11-9-19-28(30)37-34(31)40)41(35)36-38-27-18-8-6-16-25(27)32(39-36)22-12-2-1-3-13-22/h1-21H. The number of hydrogen-bond donors (Lipinski definition) is 0. The Balaban J connectivity index is 1.56. The first kappa shape index (κ1) is 22.9. The first-order valence-electron chi connectivity index (χ1n) is 13.9. The molecule has 0 saturated carbocycles. The van der Waals surface area contributed by atoms with Gasteiger partial charge in [-0.15, -0.1) is 0 Å². The van der Waals surface area contributed by atoms with Gasteiger partial charge >= 0.3 is 0 Å². The largest absolute Gasteiger partial charge is 0.292 e. The van der Waals surface area contributed by atoms with Crippen LogP contribution in [0.15, 0.2) is 132 Å². The zero-order chi connectivity index (χ0) is 27.8. The Bertz CT molecular complexity index is 2600. The molecule has 5 aromatic carbocycles. The van der Waals surface area contributed by atoms with E-state index in [1.807, 2.05) is 109 Å². The number of pyridine rings is 2. The van der Waals surface area contributed by atoms with Gasteiger partial charge in [0.15, 0.2) is 0 Å². The monoisotopic (exact) mass is 539 g/mol. The minimum atomic E-state index is -0.169. The van der Waals surface area contributed by atoms with Crippen molar-refractivity contribution in [2.75, 3.05) is 0 Å². The maximum Gasteiger partial charge on any atom is 0.265 e. The topological polar surface area (TPSA) is 65.1 Å². The normalized spacial score (nSPS) is 11.9. The van der Waals surface area contributed by atoms with E-state index in [1.54, 1.807) is 4.57 Å². The van der Waals surface area contributed by atoms with E-state index in [2.05, 4.69) is 22.6 Å². The molecule has 0 unspecified atom stereocenters. The zero-order valence-corrected chi connectivity index (χ0v) is 22.3. The highest BCUT2D eigenvalue weighted by atomic mass is 16.1. The third-order valence-electron chi connectivity index (χ3n) is 8.11. The zero-order valence-electron chi connectivity index (χ0n) is 22.3. The summed E-state index contributed by atoms with van der Waals surface area (Å²) in [5.74, 6) is 0.332. The summed E-state index contributed by atoms with van der Waals surface area (Å²) in [5.41, 5.74) is 6.74.